The fraction of sp³-hybridized carbons (Fsp3) is 0.345. The minimum atomic E-state index is -3.73. The molecule has 3 rings (SSSR count). The molecule has 0 unspecified atom stereocenters. The molecule has 0 aromatic heterocycles. The predicted molar refractivity (Wildman–Crippen MR) is 143 cm³/mol. The number of unbranched alkanes of at least 4 members (excludes halogenated alkanes) is 3. The number of hydrogen-bond acceptors (Lipinski definition) is 5. The molecule has 36 heavy (non-hydrogen) atoms. The lowest BCUT2D eigenvalue weighted by molar-refractivity contribution is -0.140. The van der Waals surface area contributed by atoms with Gasteiger partial charge in [0.2, 0.25) is 0 Å². The third kappa shape index (κ3) is 8.12. The van der Waals surface area contributed by atoms with E-state index in [0.717, 1.165) is 60.1 Å². The molecular formula is C29H35NO5S. The number of aryl methyl sites for hydroxylation is 3. The number of esters is 1. The van der Waals surface area contributed by atoms with Crippen LogP contribution in [0.15, 0.2) is 71.6 Å². The molecule has 0 atom stereocenters. The highest BCUT2D eigenvalue weighted by Gasteiger charge is 2.16. The van der Waals surface area contributed by atoms with Crippen LogP contribution in [0.3, 0.4) is 0 Å². The maximum Gasteiger partial charge on any atom is 0.305 e. The second kappa shape index (κ2) is 13.1. The SMILES string of the molecule is COC(=O)CCCCCCc1cccc(S(=O)(=O)Nc2cc(C)c(OCc3ccccc3)c(C)c2)c1. The molecule has 192 valence electrons. The number of carbonyl (C=O) groups excluding carboxylic acids is 1. The van der Waals surface area contributed by atoms with Crippen LogP contribution in [0.25, 0.3) is 0 Å². The van der Waals surface area contributed by atoms with Gasteiger partial charge in [0, 0.05) is 12.1 Å². The molecule has 1 N–H and O–H groups in total. The minimum Gasteiger partial charge on any atom is -0.488 e. The zero-order valence-corrected chi connectivity index (χ0v) is 22.1. The molecule has 0 aliphatic rings. The molecule has 3 aromatic carbocycles. The van der Waals surface area contributed by atoms with Gasteiger partial charge in [0.05, 0.1) is 12.0 Å². The van der Waals surface area contributed by atoms with Gasteiger partial charge in [-0.15, -0.1) is 0 Å². The van der Waals surface area contributed by atoms with Gasteiger partial charge in [-0.25, -0.2) is 8.42 Å². The molecule has 0 amide bonds. The number of nitrogens with one attached hydrogen (secondary N) is 1. The zero-order valence-electron chi connectivity index (χ0n) is 21.3. The third-order valence-corrected chi connectivity index (χ3v) is 7.35. The largest absolute Gasteiger partial charge is 0.488 e. The number of benzene rings is 3. The van der Waals surface area contributed by atoms with Crippen LogP contribution in [-0.2, 0) is 32.6 Å². The molecule has 0 aliphatic heterocycles. The first-order chi connectivity index (χ1) is 17.3. The van der Waals surface area contributed by atoms with E-state index in [1.165, 1.54) is 7.11 Å². The van der Waals surface area contributed by atoms with Crippen LogP contribution in [0.2, 0.25) is 0 Å². The summed E-state index contributed by atoms with van der Waals surface area (Å²) in [5.41, 5.74) is 4.28. The molecule has 0 aliphatic carbocycles. The van der Waals surface area contributed by atoms with Crippen molar-refractivity contribution in [3.05, 3.63) is 89.0 Å². The predicted octanol–water partition coefficient (Wildman–Crippen LogP) is 6.35. The number of rotatable bonds is 13. The maximum absolute atomic E-state index is 13.1. The van der Waals surface area contributed by atoms with Crippen molar-refractivity contribution in [1.82, 2.24) is 0 Å². The Balaban J connectivity index is 1.59. The summed E-state index contributed by atoms with van der Waals surface area (Å²) in [6.45, 7) is 4.28. The summed E-state index contributed by atoms with van der Waals surface area (Å²) in [5.74, 6) is 0.579. The molecular weight excluding hydrogens is 474 g/mol. The van der Waals surface area contributed by atoms with Crippen molar-refractivity contribution in [2.24, 2.45) is 0 Å². The van der Waals surface area contributed by atoms with E-state index < -0.39 is 10.0 Å². The average molecular weight is 510 g/mol. The van der Waals surface area contributed by atoms with E-state index in [2.05, 4.69) is 9.46 Å². The summed E-state index contributed by atoms with van der Waals surface area (Å²) < 4.78 is 39.6. The van der Waals surface area contributed by atoms with Gasteiger partial charge in [0.25, 0.3) is 10.0 Å². The molecule has 7 heteroatoms. The Morgan fingerprint density at radius 1 is 0.833 bits per heavy atom. The van der Waals surface area contributed by atoms with E-state index in [4.69, 9.17) is 4.74 Å². The lowest BCUT2D eigenvalue weighted by Gasteiger charge is -2.16. The second-order valence-corrected chi connectivity index (χ2v) is 10.6. The van der Waals surface area contributed by atoms with Crippen molar-refractivity contribution < 1.29 is 22.7 Å². The number of anilines is 1. The third-order valence-electron chi connectivity index (χ3n) is 5.97. The lowest BCUT2D eigenvalue weighted by atomic mass is 10.1. The van der Waals surface area contributed by atoms with Crippen LogP contribution >= 0.6 is 0 Å². The molecule has 6 nitrogen and oxygen atoms in total. The van der Waals surface area contributed by atoms with E-state index in [9.17, 15) is 13.2 Å². The quantitative estimate of drug-likeness (QED) is 0.214. The van der Waals surface area contributed by atoms with Crippen molar-refractivity contribution >= 4 is 21.7 Å². The Labute approximate surface area is 214 Å². The highest BCUT2D eigenvalue weighted by Crippen LogP contribution is 2.29. The van der Waals surface area contributed by atoms with Crippen molar-refractivity contribution in [3.63, 3.8) is 0 Å². The summed E-state index contributed by atoms with van der Waals surface area (Å²) in [5, 5.41) is 0. The lowest BCUT2D eigenvalue weighted by Crippen LogP contribution is -2.13. The van der Waals surface area contributed by atoms with Crippen LogP contribution in [-0.4, -0.2) is 21.5 Å². The van der Waals surface area contributed by atoms with Gasteiger partial charge in [-0.05, 0) is 79.6 Å². The van der Waals surface area contributed by atoms with E-state index >= 15 is 0 Å². The Hall–Kier alpha value is -3.32. The second-order valence-electron chi connectivity index (χ2n) is 8.96. The first-order valence-corrected chi connectivity index (χ1v) is 13.7. The Kier molecular flexibility index (Phi) is 9.94. The van der Waals surface area contributed by atoms with Crippen LogP contribution < -0.4 is 9.46 Å². The number of ether oxygens (including phenoxy) is 2. The van der Waals surface area contributed by atoms with Crippen molar-refractivity contribution in [3.8, 4) is 5.75 Å². The summed E-state index contributed by atoms with van der Waals surface area (Å²) in [4.78, 5) is 11.4. The standard InChI is InChI=1S/C29H35NO5S/c1-22-18-26(19-23(2)29(22)35-21-25-13-8-6-9-14-25)30-36(32,33)27-16-11-15-24(20-27)12-7-4-5-10-17-28(31)34-3/h6,8-9,11,13-16,18-20,30H,4-5,7,10,12,17,21H2,1-3H3. The molecule has 0 fully saturated rings. The van der Waals surface area contributed by atoms with Gasteiger partial charge in [0.15, 0.2) is 0 Å². The van der Waals surface area contributed by atoms with E-state index in [1.54, 1.807) is 30.3 Å². The number of hydrogen-bond donors (Lipinski definition) is 1. The zero-order chi connectivity index (χ0) is 26.0. The molecule has 0 heterocycles. The Bertz CT molecular complexity index is 1230. The van der Waals surface area contributed by atoms with Crippen molar-refractivity contribution in [2.45, 2.75) is 63.9 Å². The van der Waals surface area contributed by atoms with Gasteiger partial charge < -0.3 is 9.47 Å². The Morgan fingerprint density at radius 2 is 1.50 bits per heavy atom. The smallest absolute Gasteiger partial charge is 0.305 e. The number of carbonyl (C=O) groups is 1. The summed E-state index contributed by atoms with van der Waals surface area (Å²) >= 11 is 0. The summed E-state index contributed by atoms with van der Waals surface area (Å²) in [6, 6.07) is 20.6. The molecule has 3 aromatic rings. The average Bonchev–Trinajstić information content (AvgIpc) is 2.86. The van der Waals surface area contributed by atoms with Crippen LogP contribution in [0.5, 0.6) is 5.75 Å². The number of sulfonamides is 1. The summed E-state index contributed by atoms with van der Waals surface area (Å²) in [6.07, 6.45) is 4.88. The van der Waals surface area contributed by atoms with Crippen LogP contribution in [0.1, 0.15) is 54.4 Å². The van der Waals surface area contributed by atoms with Gasteiger partial charge >= 0.3 is 5.97 Å². The van der Waals surface area contributed by atoms with E-state index in [-0.39, 0.29) is 10.9 Å². The van der Waals surface area contributed by atoms with Crippen LogP contribution in [0, 0.1) is 13.8 Å². The molecule has 0 radical (unpaired) electrons. The van der Waals surface area contributed by atoms with Crippen LogP contribution in [0.4, 0.5) is 5.69 Å². The van der Waals surface area contributed by atoms with Gasteiger partial charge in [0.1, 0.15) is 12.4 Å². The molecule has 0 bridgehead atoms. The topological polar surface area (TPSA) is 81.7 Å². The number of methoxy groups -OCH3 is 1. The van der Waals surface area contributed by atoms with E-state index in [0.29, 0.717) is 18.7 Å². The fourth-order valence-corrected chi connectivity index (χ4v) is 5.21. The monoisotopic (exact) mass is 509 g/mol. The van der Waals surface area contributed by atoms with Gasteiger partial charge in [-0.2, -0.15) is 0 Å². The Morgan fingerprint density at radius 3 is 2.19 bits per heavy atom. The summed E-state index contributed by atoms with van der Waals surface area (Å²) in [7, 11) is -2.33. The molecule has 0 saturated heterocycles. The molecule has 0 saturated carbocycles. The van der Waals surface area contributed by atoms with Gasteiger partial charge in [-0.3, -0.25) is 9.52 Å². The van der Waals surface area contributed by atoms with Gasteiger partial charge in [-0.1, -0.05) is 55.3 Å². The fourth-order valence-electron chi connectivity index (χ4n) is 4.10. The first-order valence-electron chi connectivity index (χ1n) is 12.2. The van der Waals surface area contributed by atoms with E-state index in [1.807, 2.05) is 50.2 Å². The highest BCUT2D eigenvalue weighted by molar-refractivity contribution is 7.92. The highest BCUT2D eigenvalue weighted by atomic mass is 32.2. The first kappa shape index (κ1) is 27.3. The van der Waals surface area contributed by atoms with Crippen molar-refractivity contribution in [2.75, 3.05) is 11.8 Å². The normalized spacial score (nSPS) is 11.2. The van der Waals surface area contributed by atoms with Crippen molar-refractivity contribution in [1.29, 1.82) is 0 Å². The minimum absolute atomic E-state index is 0.180. The maximum atomic E-state index is 13.1. The molecule has 0 spiro atoms.